The molecule has 56 valence electrons. The average Bonchev–Trinajstić information content (AvgIpc) is 2.55. The van der Waals surface area contributed by atoms with Gasteiger partial charge in [-0.3, -0.25) is 4.68 Å². The molecule has 0 saturated carbocycles. The molecule has 5 nitrogen and oxygen atoms in total. The van der Waals surface area contributed by atoms with Gasteiger partial charge in [-0.1, -0.05) is 5.21 Å². The van der Waals surface area contributed by atoms with E-state index in [4.69, 9.17) is 0 Å². The summed E-state index contributed by atoms with van der Waals surface area (Å²) in [6.45, 7) is 0. The third-order valence-corrected chi connectivity index (χ3v) is 1.34. The Kier molecular flexibility index (Phi) is 1.21. The van der Waals surface area contributed by atoms with Gasteiger partial charge in [-0.2, -0.15) is 0 Å². The second-order valence-corrected chi connectivity index (χ2v) is 2.22. The Morgan fingerprint density at radius 1 is 1.55 bits per heavy atom. The monoisotopic (exact) mass is 149 g/mol. The zero-order valence-corrected chi connectivity index (χ0v) is 6.02. The van der Waals surface area contributed by atoms with E-state index in [-0.39, 0.29) is 0 Å². The third kappa shape index (κ3) is 1.000. The number of H-pyrrole nitrogens is 1. The highest BCUT2D eigenvalue weighted by Gasteiger charge is 2.02. The van der Waals surface area contributed by atoms with Gasteiger partial charge in [0.15, 0.2) is 5.82 Å². The quantitative estimate of drug-likeness (QED) is 0.630. The molecule has 2 aromatic heterocycles. The van der Waals surface area contributed by atoms with Crippen molar-refractivity contribution in [2.45, 2.75) is 0 Å². The van der Waals surface area contributed by atoms with Gasteiger partial charge < -0.3 is 4.98 Å². The van der Waals surface area contributed by atoms with Gasteiger partial charge in [0.1, 0.15) is 5.69 Å². The van der Waals surface area contributed by atoms with Gasteiger partial charge in [-0.15, -0.1) is 5.10 Å². The number of rotatable bonds is 1. The predicted octanol–water partition coefficient (Wildman–Crippen LogP) is 0.205. The topological polar surface area (TPSA) is 59.4 Å². The van der Waals surface area contributed by atoms with E-state index in [1.54, 1.807) is 23.3 Å². The molecule has 0 bridgehead atoms. The van der Waals surface area contributed by atoms with Crippen molar-refractivity contribution in [3.8, 4) is 11.5 Å². The van der Waals surface area contributed by atoms with Crippen LogP contribution < -0.4 is 0 Å². The van der Waals surface area contributed by atoms with E-state index in [1.165, 1.54) is 0 Å². The average molecular weight is 149 g/mol. The molecule has 0 atom stereocenters. The van der Waals surface area contributed by atoms with E-state index in [0.29, 0.717) is 0 Å². The highest BCUT2D eigenvalue weighted by atomic mass is 15.4. The van der Waals surface area contributed by atoms with Gasteiger partial charge in [-0.05, 0) is 0 Å². The fraction of sp³-hybridized carbons (Fsp3) is 0.167. The van der Waals surface area contributed by atoms with E-state index in [0.717, 1.165) is 11.5 Å². The third-order valence-electron chi connectivity index (χ3n) is 1.34. The number of aromatic amines is 1. The maximum absolute atomic E-state index is 4.03. The minimum Gasteiger partial charge on any atom is -0.343 e. The Morgan fingerprint density at radius 3 is 3.00 bits per heavy atom. The Bertz CT molecular complexity index is 333. The maximum Gasteiger partial charge on any atom is 0.159 e. The largest absolute Gasteiger partial charge is 0.343 e. The van der Waals surface area contributed by atoms with Crippen LogP contribution in [-0.4, -0.2) is 25.0 Å². The van der Waals surface area contributed by atoms with Crippen LogP contribution >= 0.6 is 0 Å². The van der Waals surface area contributed by atoms with E-state index in [2.05, 4.69) is 20.3 Å². The highest BCUT2D eigenvalue weighted by Crippen LogP contribution is 2.07. The van der Waals surface area contributed by atoms with Gasteiger partial charge >= 0.3 is 0 Å². The second-order valence-electron chi connectivity index (χ2n) is 2.22. The van der Waals surface area contributed by atoms with Crippen molar-refractivity contribution in [1.82, 2.24) is 25.0 Å². The summed E-state index contributed by atoms with van der Waals surface area (Å²) in [4.78, 5) is 6.97. The highest BCUT2D eigenvalue weighted by molar-refractivity contribution is 5.45. The number of hydrogen-bond donors (Lipinski definition) is 1. The van der Waals surface area contributed by atoms with Gasteiger partial charge in [-0.25, -0.2) is 4.98 Å². The van der Waals surface area contributed by atoms with Crippen LogP contribution in [0.25, 0.3) is 11.5 Å². The molecular weight excluding hydrogens is 142 g/mol. The molecule has 2 aromatic rings. The molecule has 1 N–H and O–H groups in total. The van der Waals surface area contributed by atoms with Crippen molar-refractivity contribution in [2.24, 2.45) is 7.05 Å². The minimum atomic E-state index is 0.748. The molecule has 0 radical (unpaired) electrons. The maximum atomic E-state index is 4.03. The normalized spacial score (nSPS) is 10.3. The van der Waals surface area contributed by atoms with E-state index in [1.807, 2.05) is 7.05 Å². The van der Waals surface area contributed by atoms with Crippen LogP contribution in [0.2, 0.25) is 0 Å². The fourth-order valence-electron chi connectivity index (χ4n) is 0.861. The Hall–Kier alpha value is -1.65. The molecule has 0 fully saturated rings. The van der Waals surface area contributed by atoms with Crippen LogP contribution in [-0.2, 0) is 7.05 Å². The van der Waals surface area contributed by atoms with Crippen LogP contribution in [0.5, 0.6) is 0 Å². The molecule has 0 saturated heterocycles. The van der Waals surface area contributed by atoms with Gasteiger partial charge in [0.05, 0.1) is 6.20 Å². The summed E-state index contributed by atoms with van der Waals surface area (Å²) in [7, 11) is 1.82. The van der Waals surface area contributed by atoms with Crippen LogP contribution in [0.4, 0.5) is 0 Å². The molecule has 0 spiro atoms. The Balaban J connectivity index is 2.45. The lowest BCUT2D eigenvalue weighted by Gasteiger charge is -1.83. The molecule has 0 unspecified atom stereocenters. The van der Waals surface area contributed by atoms with Crippen LogP contribution in [0.1, 0.15) is 0 Å². The first-order valence-electron chi connectivity index (χ1n) is 3.22. The Labute approximate surface area is 63.1 Å². The second kappa shape index (κ2) is 2.19. The zero-order chi connectivity index (χ0) is 7.68. The molecule has 2 heterocycles. The molecular formula is C6H7N5. The van der Waals surface area contributed by atoms with E-state index < -0.39 is 0 Å². The summed E-state index contributed by atoms with van der Waals surface area (Å²) in [5, 5.41) is 7.66. The van der Waals surface area contributed by atoms with Crippen molar-refractivity contribution in [1.29, 1.82) is 0 Å². The summed E-state index contributed by atoms with van der Waals surface area (Å²) >= 11 is 0. The molecule has 0 aromatic carbocycles. The summed E-state index contributed by atoms with van der Waals surface area (Å²) in [5.74, 6) is 0.748. The van der Waals surface area contributed by atoms with Crippen molar-refractivity contribution in [3.05, 3.63) is 18.6 Å². The van der Waals surface area contributed by atoms with Crippen LogP contribution in [0.15, 0.2) is 18.6 Å². The summed E-state index contributed by atoms with van der Waals surface area (Å²) < 4.78 is 1.64. The number of nitrogens with zero attached hydrogens (tertiary/aromatic N) is 4. The number of imidazole rings is 1. The molecule has 0 aliphatic rings. The first kappa shape index (κ1) is 6.09. The number of aromatic nitrogens is 5. The number of aryl methyl sites for hydroxylation is 1. The molecule has 5 heteroatoms. The summed E-state index contributed by atoms with van der Waals surface area (Å²) in [5.41, 5.74) is 0.762. The van der Waals surface area contributed by atoms with E-state index >= 15 is 0 Å². The standard InChI is InChI=1S/C6H7N5/c1-11-4-5(9-10-11)6-7-2-3-8-6/h2-4H,1H3,(H,7,8). The van der Waals surface area contributed by atoms with E-state index in [9.17, 15) is 0 Å². The van der Waals surface area contributed by atoms with Crippen molar-refractivity contribution in [2.75, 3.05) is 0 Å². The summed E-state index contributed by atoms with van der Waals surface area (Å²) in [6.07, 6.45) is 5.24. The molecule has 0 aliphatic carbocycles. The smallest absolute Gasteiger partial charge is 0.159 e. The van der Waals surface area contributed by atoms with Crippen LogP contribution in [0.3, 0.4) is 0 Å². The number of hydrogen-bond acceptors (Lipinski definition) is 3. The summed E-state index contributed by atoms with van der Waals surface area (Å²) in [6, 6.07) is 0. The molecule has 11 heavy (non-hydrogen) atoms. The minimum absolute atomic E-state index is 0.748. The first-order valence-corrected chi connectivity index (χ1v) is 3.22. The number of nitrogens with one attached hydrogen (secondary N) is 1. The zero-order valence-electron chi connectivity index (χ0n) is 6.02. The lowest BCUT2D eigenvalue weighted by atomic mass is 10.5. The molecule has 0 amide bonds. The van der Waals surface area contributed by atoms with Gasteiger partial charge in [0.25, 0.3) is 0 Å². The SMILES string of the molecule is Cn1cc(-c2ncc[nH]2)nn1. The van der Waals surface area contributed by atoms with Crippen molar-refractivity contribution >= 4 is 0 Å². The van der Waals surface area contributed by atoms with Crippen molar-refractivity contribution in [3.63, 3.8) is 0 Å². The van der Waals surface area contributed by atoms with Gasteiger partial charge in [0.2, 0.25) is 0 Å². The lowest BCUT2D eigenvalue weighted by molar-refractivity contribution is 0.715. The fourth-order valence-corrected chi connectivity index (χ4v) is 0.861. The lowest BCUT2D eigenvalue weighted by Crippen LogP contribution is -1.85. The molecule has 2 rings (SSSR count). The van der Waals surface area contributed by atoms with Gasteiger partial charge in [0, 0.05) is 19.4 Å². The predicted molar refractivity (Wildman–Crippen MR) is 38.6 cm³/mol. The molecule has 0 aliphatic heterocycles. The Morgan fingerprint density at radius 2 is 2.45 bits per heavy atom. The first-order chi connectivity index (χ1) is 5.36. The van der Waals surface area contributed by atoms with Crippen molar-refractivity contribution < 1.29 is 0 Å². The van der Waals surface area contributed by atoms with Crippen LogP contribution in [0, 0.1) is 0 Å².